The molecule has 0 spiro atoms. The highest BCUT2D eigenvalue weighted by molar-refractivity contribution is 6.02. The summed E-state index contributed by atoms with van der Waals surface area (Å²) in [5.74, 6) is -2.13. The van der Waals surface area contributed by atoms with Crippen LogP contribution in [-0.4, -0.2) is 57.0 Å². The number of amides is 2. The van der Waals surface area contributed by atoms with Gasteiger partial charge in [-0.2, -0.15) is 0 Å². The molecule has 2 aliphatic rings. The number of benzene rings is 2. The van der Waals surface area contributed by atoms with Gasteiger partial charge in [0.15, 0.2) is 0 Å². The van der Waals surface area contributed by atoms with Gasteiger partial charge in [-0.25, -0.2) is 14.2 Å². The van der Waals surface area contributed by atoms with Gasteiger partial charge in [0, 0.05) is 12.5 Å². The second-order valence-corrected chi connectivity index (χ2v) is 8.90. The van der Waals surface area contributed by atoms with Crippen molar-refractivity contribution in [2.45, 2.75) is 37.6 Å². The Bertz CT molecular complexity index is 1260. The van der Waals surface area contributed by atoms with Gasteiger partial charge >= 0.3 is 12.1 Å². The van der Waals surface area contributed by atoms with E-state index in [-0.39, 0.29) is 30.6 Å². The molecule has 0 bridgehead atoms. The molecule has 1 aliphatic heterocycles. The van der Waals surface area contributed by atoms with Crippen LogP contribution in [0.4, 0.5) is 10.6 Å². The van der Waals surface area contributed by atoms with Crippen molar-refractivity contribution in [3.63, 3.8) is 0 Å². The van der Waals surface area contributed by atoms with Gasteiger partial charge in [0.25, 0.3) is 5.91 Å². The lowest BCUT2D eigenvalue weighted by molar-refractivity contribution is -0.150. The van der Waals surface area contributed by atoms with E-state index < -0.39 is 23.5 Å². The number of carboxylic acid groups (broad SMARTS) is 1. The highest BCUT2D eigenvalue weighted by Crippen LogP contribution is 2.44. The van der Waals surface area contributed by atoms with Crippen LogP contribution in [0.2, 0.25) is 0 Å². The van der Waals surface area contributed by atoms with Crippen molar-refractivity contribution in [2.75, 3.05) is 18.5 Å². The summed E-state index contributed by atoms with van der Waals surface area (Å²) < 4.78 is 10.2. The summed E-state index contributed by atoms with van der Waals surface area (Å²) in [6.07, 6.45) is 0.842. The smallest absolute Gasteiger partial charge is 0.412 e. The molecule has 10 nitrogen and oxygen atoms in total. The van der Waals surface area contributed by atoms with Gasteiger partial charge in [-0.1, -0.05) is 48.5 Å². The first-order chi connectivity index (χ1) is 16.9. The van der Waals surface area contributed by atoms with E-state index in [0.29, 0.717) is 19.3 Å². The molecule has 2 amide bonds. The maximum atomic E-state index is 13.1. The molecule has 1 aliphatic carbocycles. The third kappa shape index (κ3) is 3.90. The second kappa shape index (κ2) is 8.86. The molecule has 1 saturated heterocycles. The third-order valence-electron chi connectivity index (χ3n) is 6.85. The minimum absolute atomic E-state index is 0.0810. The normalized spacial score (nSPS) is 19.1. The Balaban J connectivity index is 1.29. The van der Waals surface area contributed by atoms with E-state index in [1.807, 2.05) is 48.5 Å². The van der Waals surface area contributed by atoms with Gasteiger partial charge in [-0.05, 0) is 58.8 Å². The topological polar surface area (TPSA) is 135 Å². The number of fused-ring (bicyclic) bond motifs is 3. The molecule has 10 heteroatoms. The summed E-state index contributed by atoms with van der Waals surface area (Å²) in [6.45, 7) is 1.83. The first kappa shape index (κ1) is 22.6. The summed E-state index contributed by atoms with van der Waals surface area (Å²) in [5.41, 5.74) is 2.70. The van der Waals surface area contributed by atoms with Crippen LogP contribution in [-0.2, 0) is 9.53 Å². The van der Waals surface area contributed by atoms with Gasteiger partial charge in [0.2, 0.25) is 11.5 Å². The molecule has 1 atom stereocenters. The third-order valence-corrected chi connectivity index (χ3v) is 6.85. The van der Waals surface area contributed by atoms with Crippen molar-refractivity contribution < 1.29 is 28.9 Å². The Morgan fingerprint density at radius 2 is 1.74 bits per heavy atom. The number of piperidine rings is 1. The predicted molar refractivity (Wildman–Crippen MR) is 124 cm³/mol. The van der Waals surface area contributed by atoms with E-state index in [4.69, 9.17) is 9.37 Å². The molecule has 35 heavy (non-hydrogen) atoms. The van der Waals surface area contributed by atoms with Crippen LogP contribution in [0.5, 0.6) is 0 Å². The van der Waals surface area contributed by atoms with Crippen LogP contribution in [0.1, 0.15) is 53.7 Å². The van der Waals surface area contributed by atoms with Crippen LogP contribution < -0.4 is 5.32 Å². The van der Waals surface area contributed by atoms with Crippen molar-refractivity contribution in [3.8, 4) is 11.1 Å². The number of rotatable bonds is 5. The van der Waals surface area contributed by atoms with Gasteiger partial charge < -0.3 is 14.7 Å². The number of carboxylic acids is 1. The van der Waals surface area contributed by atoms with E-state index in [1.165, 1.54) is 11.8 Å². The lowest BCUT2D eigenvalue weighted by atomic mass is 9.88. The summed E-state index contributed by atoms with van der Waals surface area (Å²) in [7, 11) is 0. The number of carbonyl (C=O) groups is 3. The summed E-state index contributed by atoms with van der Waals surface area (Å²) in [6, 6.07) is 15.9. The average molecular weight is 476 g/mol. The first-order valence-corrected chi connectivity index (χ1v) is 11.4. The Morgan fingerprint density at radius 1 is 1.09 bits per heavy atom. The minimum atomic E-state index is -1.38. The summed E-state index contributed by atoms with van der Waals surface area (Å²) in [5, 5.41) is 19.4. The number of nitrogens with one attached hydrogen (secondary N) is 1. The maximum Gasteiger partial charge on any atom is 0.412 e. The van der Waals surface area contributed by atoms with Crippen molar-refractivity contribution in [1.29, 1.82) is 0 Å². The van der Waals surface area contributed by atoms with Gasteiger partial charge in [0.05, 0.1) is 0 Å². The largest absolute Gasteiger partial charge is 0.480 e. The van der Waals surface area contributed by atoms with E-state index in [9.17, 15) is 19.5 Å². The number of likely N-dealkylation sites (tertiary alicyclic amines) is 1. The van der Waals surface area contributed by atoms with Crippen LogP contribution in [0.3, 0.4) is 0 Å². The van der Waals surface area contributed by atoms with Crippen LogP contribution in [0.25, 0.3) is 11.1 Å². The number of anilines is 1. The van der Waals surface area contributed by atoms with Gasteiger partial charge in [0.1, 0.15) is 12.1 Å². The molecular formula is C25H24N4O6. The average Bonchev–Trinajstić information content (AvgIpc) is 3.45. The first-order valence-electron chi connectivity index (χ1n) is 11.4. The van der Waals surface area contributed by atoms with Gasteiger partial charge in [-0.3, -0.25) is 10.1 Å². The predicted octanol–water partition coefficient (Wildman–Crippen LogP) is 3.90. The molecule has 5 rings (SSSR count). The molecule has 0 radical (unpaired) electrons. The monoisotopic (exact) mass is 476 g/mol. The molecule has 3 aromatic rings. The summed E-state index contributed by atoms with van der Waals surface area (Å²) in [4.78, 5) is 38.9. The Morgan fingerprint density at radius 3 is 2.40 bits per heavy atom. The zero-order chi connectivity index (χ0) is 24.6. The van der Waals surface area contributed by atoms with E-state index in [0.717, 1.165) is 22.3 Å². The molecule has 1 fully saturated rings. The second-order valence-electron chi connectivity index (χ2n) is 8.90. The number of hydrogen-bond acceptors (Lipinski definition) is 7. The van der Waals surface area contributed by atoms with Crippen LogP contribution >= 0.6 is 0 Å². The maximum absolute atomic E-state index is 13.1. The van der Waals surface area contributed by atoms with Crippen LogP contribution in [0.15, 0.2) is 53.2 Å². The molecule has 2 N–H and O–H groups in total. The van der Waals surface area contributed by atoms with Gasteiger partial charge in [-0.15, -0.1) is 0 Å². The van der Waals surface area contributed by atoms with E-state index >= 15 is 0 Å². The number of ether oxygens (including phenoxy) is 1. The van der Waals surface area contributed by atoms with Crippen molar-refractivity contribution in [1.82, 2.24) is 15.2 Å². The molecule has 1 aromatic heterocycles. The van der Waals surface area contributed by atoms with Crippen molar-refractivity contribution >= 4 is 23.8 Å². The zero-order valence-corrected chi connectivity index (χ0v) is 19.1. The molecular weight excluding hydrogens is 452 g/mol. The lowest BCUT2D eigenvalue weighted by Crippen LogP contribution is -2.57. The number of hydrogen-bond donors (Lipinski definition) is 2. The van der Waals surface area contributed by atoms with E-state index in [2.05, 4.69) is 15.6 Å². The highest BCUT2D eigenvalue weighted by Gasteiger charge is 2.45. The Hall–Kier alpha value is -4.21. The van der Waals surface area contributed by atoms with Crippen LogP contribution in [0, 0.1) is 0 Å². The lowest BCUT2D eigenvalue weighted by Gasteiger charge is -2.41. The quantitative estimate of drug-likeness (QED) is 0.566. The molecule has 2 heterocycles. The fourth-order valence-electron chi connectivity index (χ4n) is 4.94. The molecule has 2 aromatic carbocycles. The minimum Gasteiger partial charge on any atom is -0.480 e. The number of aromatic nitrogens is 2. The van der Waals surface area contributed by atoms with E-state index in [1.54, 1.807) is 0 Å². The fourth-order valence-corrected chi connectivity index (χ4v) is 4.94. The van der Waals surface area contributed by atoms with Crippen molar-refractivity contribution in [2.24, 2.45) is 0 Å². The fraction of sp³-hybridized carbons (Fsp3) is 0.320. The molecule has 0 saturated carbocycles. The number of aliphatic carboxylic acids is 1. The molecule has 180 valence electrons. The Kier molecular flexibility index (Phi) is 5.72. The standard InChI is InChI=1S/C25H24N4O6/c1-25(23(31)32)12-6-7-13-29(25)22(30)20-21(28-35-27-20)26-24(33)34-14-19-17-10-4-2-8-15(17)16-9-3-5-11-18(16)19/h2-5,8-11,19H,6-7,12-14H2,1H3,(H,31,32)(H,26,28,33). The number of nitrogens with zero attached hydrogens (tertiary/aromatic N) is 3. The Labute approximate surface area is 200 Å². The van der Waals surface area contributed by atoms with Crippen molar-refractivity contribution in [3.05, 3.63) is 65.4 Å². The molecule has 1 unspecified atom stereocenters. The zero-order valence-electron chi connectivity index (χ0n) is 19.1. The number of carbonyl (C=O) groups excluding carboxylic acids is 2. The summed E-state index contributed by atoms with van der Waals surface area (Å²) >= 11 is 0. The SMILES string of the molecule is CC1(C(=O)O)CCCCN1C(=O)c1nonc1NC(=O)OCC1c2ccccc2-c2ccccc21. The highest BCUT2D eigenvalue weighted by atomic mass is 16.6.